The monoisotopic (exact) mass is 342 g/mol. The van der Waals surface area contributed by atoms with Gasteiger partial charge in [0.05, 0.1) is 34.0 Å². The summed E-state index contributed by atoms with van der Waals surface area (Å²) >= 11 is 0. The Bertz CT molecular complexity index is 778. The van der Waals surface area contributed by atoms with Crippen LogP contribution in [0.15, 0.2) is 35.9 Å². The number of ether oxygens (including phenoxy) is 5. The van der Waals surface area contributed by atoms with E-state index in [1.807, 2.05) is 18.2 Å². The minimum atomic E-state index is 0.525. The van der Waals surface area contributed by atoms with Gasteiger partial charge < -0.3 is 23.7 Å². The molecule has 3 rings (SSSR count). The SMILES string of the molecule is COc1ccc(CC2=Cc3c(cc(OC)c(OC)c3OC)OC2)cc1. The second-order valence-electron chi connectivity index (χ2n) is 5.67. The molecule has 0 unspecified atom stereocenters. The molecule has 0 bridgehead atoms. The standard InChI is InChI=1S/C20H22O5/c1-21-15-7-5-13(6-8-15)9-14-10-16-17(25-12-14)11-18(22-2)20(24-4)19(16)23-3/h5-8,10-11H,9,12H2,1-4H3. The van der Waals surface area contributed by atoms with Crippen molar-refractivity contribution in [1.82, 2.24) is 0 Å². The molecule has 5 heteroatoms. The highest BCUT2D eigenvalue weighted by Gasteiger charge is 2.23. The predicted molar refractivity (Wildman–Crippen MR) is 96.3 cm³/mol. The average Bonchev–Trinajstić information content (AvgIpc) is 2.66. The molecule has 0 fully saturated rings. The van der Waals surface area contributed by atoms with Gasteiger partial charge in [-0.25, -0.2) is 0 Å². The minimum absolute atomic E-state index is 0.525. The first-order chi connectivity index (χ1) is 12.2. The third-order valence-corrected chi connectivity index (χ3v) is 4.18. The molecule has 2 aromatic carbocycles. The normalized spacial score (nSPS) is 12.6. The van der Waals surface area contributed by atoms with Gasteiger partial charge in [-0.3, -0.25) is 0 Å². The van der Waals surface area contributed by atoms with Crippen molar-refractivity contribution in [3.63, 3.8) is 0 Å². The molecule has 132 valence electrons. The molecule has 0 N–H and O–H groups in total. The first-order valence-corrected chi connectivity index (χ1v) is 7.98. The van der Waals surface area contributed by atoms with Gasteiger partial charge in [0.2, 0.25) is 5.75 Å². The average molecular weight is 342 g/mol. The number of benzene rings is 2. The van der Waals surface area contributed by atoms with Gasteiger partial charge >= 0.3 is 0 Å². The van der Waals surface area contributed by atoms with Gasteiger partial charge in [-0.1, -0.05) is 12.1 Å². The highest BCUT2D eigenvalue weighted by molar-refractivity contribution is 5.75. The second kappa shape index (κ2) is 7.38. The van der Waals surface area contributed by atoms with Crippen molar-refractivity contribution < 1.29 is 23.7 Å². The summed E-state index contributed by atoms with van der Waals surface area (Å²) in [6.07, 6.45) is 2.89. The van der Waals surface area contributed by atoms with E-state index in [2.05, 4.69) is 18.2 Å². The fourth-order valence-electron chi connectivity index (χ4n) is 2.94. The molecule has 1 aliphatic heterocycles. The Balaban J connectivity index is 1.95. The van der Waals surface area contributed by atoms with Crippen LogP contribution in [0.5, 0.6) is 28.7 Å². The maximum Gasteiger partial charge on any atom is 0.204 e. The van der Waals surface area contributed by atoms with Gasteiger partial charge in [-0.15, -0.1) is 0 Å². The molecule has 0 radical (unpaired) electrons. The van der Waals surface area contributed by atoms with Crippen molar-refractivity contribution >= 4 is 6.08 Å². The van der Waals surface area contributed by atoms with Crippen LogP contribution in [0.2, 0.25) is 0 Å². The lowest BCUT2D eigenvalue weighted by atomic mass is 9.99. The lowest BCUT2D eigenvalue weighted by molar-refractivity contribution is 0.307. The smallest absolute Gasteiger partial charge is 0.204 e. The van der Waals surface area contributed by atoms with Crippen molar-refractivity contribution in [2.45, 2.75) is 6.42 Å². The molecular weight excluding hydrogens is 320 g/mol. The van der Waals surface area contributed by atoms with E-state index in [-0.39, 0.29) is 0 Å². The fourth-order valence-corrected chi connectivity index (χ4v) is 2.94. The molecule has 1 heterocycles. The lowest BCUT2D eigenvalue weighted by Gasteiger charge is -2.23. The second-order valence-corrected chi connectivity index (χ2v) is 5.67. The van der Waals surface area contributed by atoms with Crippen molar-refractivity contribution in [3.8, 4) is 28.7 Å². The first kappa shape index (κ1) is 17.0. The van der Waals surface area contributed by atoms with Gasteiger partial charge in [0, 0.05) is 6.07 Å². The summed E-state index contributed by atoms with van der Waals surface area (Å²) in [6.45, 7) is 0.525. The molecule has 1 aliphatic rings. The zero-order chi connectivity index (χ0) is 17.8. The molecule has 5 nitrogen and oxygen atoms in total. The molecule has 0 saturated carbocycles. The van der Waals surface area contributed by atoms with E-state index in [0.717, 1.165) is 29.1 Å². The first-order valence-electron chi connectivity index (χ1n) is 7.98. The molecular formula is C20H22O5. The number of hydrogen-bond donors (Lipinski definition) is 0. The van der Waals surface area contributed by atoms with Gasteiger partial charge in [0.15, 0.2) is 11.5 Å². The Kier molecular flexibility index (Phi) is 5.03. The van der Waals surface area contributed by atoms with Gasteiger partial charge in [0.25, 0.3) is 0 Å². The molecule has 25 heavy (non-hydrogen) atoms. The predicted octanol–water partition coefficient (Wildman–Crippen LogP) is 3.74. The molecule has 0 amide bonds. The summed E-state index contributed by atoms with van der Waals surface area (Å²) < 4.78 is 27.5. The number of methoxy groups -OCH3 is 4. The quantitative estimate of drug-likeness (QED) is 0.800. The van der Waals surface area contributed by atoms with Crippen LogP contribution in [0.25, 0.3) is 6.08 Å². The molecule has 0 aromatic heterocycles. The van der Waals surface area contributed by atoms with E-state index in [0.29, 0.717) is 23.9 Å². The van der Waals surface area contributed by atoms with Crippen molar-refractivity contribution in [1.29, 1.82) is 0 Å². The summed E-state index contributed by atoms with van der Waals surface area (Å²) in [5.41, 5.74) is 3.22. The van der Waals surface area contributed by atoms with Crippen LogP contribution in [0.3, 0.4) is 0 Å². The third kappa shape index (κ3) is 3.36. The van der Waals surface area contributed by atoms with Gasteiger partial charge in [-0.05, 0) is 35.8 Å². The van der Waals surface area contributed by atoms with Gasteiger partial charge in [0.1, 0.15) is 18.1 Å². The molecule has 0 aliphatic carbocycles. The van der Waals surface area contributed by atoms with Crippen LogP contribution in [0.4, 0.5) is 0 Å². The Morgan fingerprint density at radius 3 is 2.20 bits per heavy atom. The van der Waals surface area contributed by atoms with Crippen molar-refractivity contribution in [2.24, 2.45) is 0 Å². The highest BCUT2D eigenvalue weighted by atomic mass is 16.5. The highest BCUT2D eigenvalue weighted by Crippen LogP contribution is 2.47. The maximum atomic E-state index is 5.93. The van der Waals surface area contributed by atoms with E-state index >= 15 is 0 Å². The molecule has 0 atom stereocenters. The van der Waals surface area contributed by atoms with Crippen LogP contribution in [0.1, 0.15) is 11.1 Å². The summed E-state index contributed by atoms with van der Waals surface area (Å²) in [5.74, 6) is 3.35. The maximum absolute atomic E-state index is 5.93. The minimum Gasteiger partial charge on any atom is -0.497 e. The van der Waals surface area contributed by atoms with Crippen molar-refractivity contribution in [3.05, 3.63) is 47.0 Å². The summed E-state index contributed by atoms with van der Waals surface area (Å²) in [6, 6.07) is 9.86. The van der Waals surface area contributed by atoms with Crippen LogP contribution in [0, 0.1) is 0 Å². The zero-order valence-electron chi connectivity index (χ0n) is 14.9. The van der Waals surface area contributed by atoms with E-state index in [4.69, 9.17) is 23.7 Å². The number of hydrogen-bond acceptors (Lipinski definition) is 5. The van der Waals surface area contributed by atoms with E-state index < -0.39 is 0 Å². The van der Waals surface area contributed by atoms with E-state index in [1.54, 1.807) is 28.4 Å². The Morgan fingerprint density at radius 2 is 1.60 bits per heavy atom. The third-order valence-electron chi connectivity index (χ3n) is 4.18. The molecule has 2 aromatic rings. The Morgan fingerprint density at radius 1 is 0.880 bits per heavy atom. The summed E-state index contributed by atoms with van der Waals surface area (Å²) in [5, 5.41) is 0. The largest absolute Gasteiger partial charge is 0.497 e. The van der Waals surface area contributed by atoms with Crippen molar-refractivity contribution in [2.75, 3.05) is 35.0 Å². The zero-order valence-corrected chi connectivity index (χ0v) is 14.9. The Labute approximate surface area is 147 Å². The Hall–Kier alpha value is -2.82. The number of fused-ring (bicyclic) bond motifs is 1. The van der Waals surface area contributed by atoms with E-state index in [9.17, 15) is 0 Å². The van der Waals surface area contributed by atoms with Crippen LogP contribution in [-0.2, 0) is 6.42 Å². The van der Waals surface area contributed by atoms with Crippen LogP contribution >= 0.6 is 0 Å². The van der Waals surface area contributed by atoms with E-state index in [1.165, 1.54) is 5.56 Å². The topological polar surface area (TPSA) is 46.2 Å². The van der Waals surface area contributed by atoms with Crippen LogP contribution in [-0.4, -0.2) is 35.0 Å². The van der Waals surface area contributed by atoms with Crippen LogP contribution < -0.4 is 23.7 Å². The lowest BCUT2D eigenvalue weighted by Crippen LogP contribution is -2.11. The number of rotatable bonds is 6. The summed E-state index contributed by atoms with van der Waals surface area (Å²) in [7, 11) is 6.47. The summed E-state index contributed by atoms with van der Waals surface area (Å²) in [4.78, 5) is 0. The van der Waals surface area contributed by atoms with Gasteiger partial charge in [-0.2, -0.15) is 0 Å². The molecule has 0 saturated heterocycles. The fraction of sp³-hybridized carbons (Fsp3) is 0.300. The molecule has 0 spiro atoms.